The molecule has 0 saturated carbocycles. The molecule has 0 aliphatic heterocycles. The number of hydrogen-bond donors (Lipinski definition) is 3. The number of benzene rings is 1. The topological polar surface area (TPSA) is 104 Å². The molecular weight excluding hydrogens is 322 g/mol. The number of rotatable bonds is 6. The van der Waals surface area contributed by atoms with E-state index in [0.717, 1.165) is 12.5 Å². The minimum absolute atomic E-state index is 0.114. The Morgan fingerprint density at radius 2 is 2.04 bits per heavy atom. The van der Waals surface area contributed by atoms with Gasteiger partial charge in [-0.3, -0.25) is 4.79 Å². The van der Waals surface area contributed by atoms with E-state index >= 15 is 0 Å². The number of carboxylic acids is 1. The SMILES string of the molecule is CC(O)(CNc1cnn(Cc2ccccc2)c(=O)c1Cl)C(=O)O. The number of aromatic nitrogens is 2. The zero-order valence-corrected chi connectivity index (χ0v) is 13.1. The van der Waals surface area contributed by atoms with Crippen LogP contribution in [-0.2, 0) is 11.3 Å². The lowest BCUT2D eigenvalue weighted by Crippen LogP contribution is -2.42. The van der Waals surface area contributed by atoms with Crippen LogP contribution in [0.4, 0.5) is 5.69 Å². The van der Waals surface area contributed by atoms with Crippen LogP contribution in [-0.4, -0.2) is 38.1 Å². The standard InChI is InChI=1S/C15H16ClN3O4/c1-15(23,14(21)22)9-17-11-7-18-19(13(20)12(11)16)8-10-5-3-2-4-6-10/h2-7,17,23H,8-9H2,1H3,(H,21,22). The third-order valence-electron chi connectivity index (χ3n) is 3.24. The second-order valence-electron chi connectivity index (χ2n) is 5.25. The van der Waals surface area contributed by atoms with Gasteiger partial charge in [0.2, 0.25) is 0 Å². The summed E-state index contributed by atoms with van der Waals surface area (Å²) in [7, 11) is 0. The summed E-state index contributed by atoms with van der Waals surface area (Å²) in [5.74, 6) is -1.38. The molecule has 1 unspecified atom stereocenters. The number of anilines is 1. The first-order valence-electron chi connectivity index (χ1n) is 6.80. The molecule has 2 rings (SSSR count). The van der Waals surface area contributed by atoms with Crippen LogP contribution in [0.2, 0.25) is 5.02 Å². The fourth-order valence-corrected chi connectivity index (χ4v) is 2.01. The third-order valence-corrected chi connectivity index (χ3v) is 3.61. The largest absolute Gasteiger partial charge is 0.479 e. The van der Waals surface area contributed by atoms with Gasteiger partial charge in [-0.2, -0.15) is 5.10 Å². The van der Waals surface area contributed by atoms with Crippen molar-refractivity contribution in [2.24, 2.45) is 0 Å². The average molecular weight is 338 g/mol. The number of nitrogens with zero attached hydrogens (tertiary/aromatic N) is 2. The Kier molecular flexibility index (Phi) is 5.02. The van der Waals surface area contributed by atoms with E-state index < -0.39 is 17.1 Å². The van der Waals surface area contributed by atoms with Crippen LogP contribution in [0.1, 0.15) is 12.5 Å². The first kappa shape index (κ1) is 17.0. The van der Waals surface area contributed by atoms with Crippen LogP contribution >= 0.6 is 11.6 Å². The van der Waals surface area contributed by atoms with Crippen molar-refractivity contribution in [2.75, 3.05) is 11.9 Å². The van der Waals surface area contributed by atoms with Gasteiger partial charge >= 0.3 is 5.97 Å². The minimum Gasteiger partial charge on any atom is -0.479 e. The lowest BCUT2D eigenvalue weighted by atomic mass is 10.1. The summed E-state index contributed by atoms with van der Waals surface area (Å²) in [6.45, 7) is 1.10. The molecule has 122 valence electrons. The van der Waals surface area contributed by atoms with Crippen LogP contribution in [0.5, 0.6) is 0 Å². The van der Waals surface area contributed by atoms with Gasteiger partial charge in [-0.25, -0.2) is 9.48 Å². The van der Waals surface area contributed by atoms with Gasteiger partial charge in [0.05, 0.1) is 25.0 Å². The van der Waals surface area contributed by atoms with Crippen LogP contribution in [0.25, 0.3) is 0 Å². The Labute approximate surface area is 137 Å². The fourth-order valence-electron chi connectivity index (χ4n) is 1.80. The van der Waals surface area contributed by atoms with E-state index in [1.54, 1.807) is 0 Å². The Hall–Kier alpha value is -2.38. The molecule has 0 radical (unpaired) electrons. The average Bonchev–Trinajstić information content (AvgIpc) is 2.52. The first-order valence-corrected chi connectivity index (χ1v) is 7.18. The number of nitrogens with one attached hydrogen (secondary N) is 1. The Bertz CT molecular complexity index is 759. The maximum Gasteiger partial charge on any atom is 0.337 e. The molecule has 0 aliphatic carbocycles. The molecule has 3 N–H and O–H groups in total. The van der Waals surface area contributed by atoms with Crippen LogP contribution in [0.3, 0.4) is 0 Å². The van der Waals surface area contributed by atoms with Crippen molar-refractivity contribution >= 4 is 23.3 Å². The second-order valence-corrected chi connectivity index (χ2v) is 5.63. The van der Waals surface area contributed by atoms with Gasteiger partial charge in [0.25, 0.3) is 5.56 Å². The van der Waals surface area contributed by atoms with E-state index in [9.17, 15) is 14.7 Å². The number of aliphatic hydroxyl groups is 1. The zero-order valence-electron chi connectivity index (χ0n) is 12.4. The van der Waals surface area contributed by atoms with Crippen molar-refractivity contribution in [2.45, 2.75) is 19.1 Å². The molecule has 0 saturated heterocycles. The van der Waals surface area contributed by atoms with Crippen molar-refractivity contribution in [3.05, 3.63) is 57.5 Å². The van der Waals surface area contributed by atoms with Gasteiger partial charge in [0.15, 0.2) is 5.60 Å². The van der Waals surface area contributed by atoms with Gasteiger partial charge in [-0.15, -0.1) is 0 Å². The molecule has 1 atom stereocenters. The van der Waals surface area contributed by atoms with E-state index in [1.807, 2.05) is 30.3 Å². The van der Waals surface area contributed by atoms with E-state index in [0.29, 0.717) is 0 Å². The smallest absolute Gasteiger partial charge is 0.337 e. The molecule has 1 aromatic heterocycles. The molecule has 2 aromatic rings. The summed E-state index contributed by atoms with van der Waals surface area (Å²) in [6, 6.07) is 9.29. The maximum absolute atomic E-state index is 12.2. The quantitative estimate of drug-likeness (QED) is 0.731. The Balaban J connectivity index is 2.18. The molecule has 8 heteroatoms. The molecule has 0 aliphatic rings. The summed E-state index contributed by atoms with van der Waals surface area (Å²) >= 11 is 6.01. The van der Waals surface area contributed by atoms with Crippen molar-refractivity contribution in [3.8, 4) is 0 Å². The highest BCUT2D eigenvalue weighted by atomic mass is 35.5. The number of carboxylic acid groups (broad SMARTS) is 1. The van der Waals surface area contributed by atoms with Gasteiger partial charge < -0.3 is 15.5 Å². The van der Waals surface area contributed by atoms with Crippen LogP contribution in [0.15, 0.2) is 41.3 Å². The molecule has 7 nitrogen and oxygen atoms in total. The van der Waals surface area contributed by atoms with E-state index in [2.05, 4.69) is 10.4 Å². The maximum atomic E-state index is 12.2. The molecule has 0 amide bonds. The van der Waals surface area contributed by atoms with Crippen molar-refractivity contribution in [1.29, 1.82) is 0 Å². The summed E-state index contributed by atoms with van der Waals surface area (Å²) < 4.78 is 1.21. The van der Waals surface area contributed by atoms with Crippen LogP contribution < -0.4 is 10.9 Å². The van der Waals surface area contributed by atoms with E-state index in [4.69, 9.17) is 16.7 Å². The second kappa shape index (κ2) is 6.80. The van der Waals surface area contributed by atoms with Gasteiger partial charge in [0, 0.05) is 0 Å². The highest BCUT2D eigenvalue weighted by Gasteiger charge is 2.29. The molecule has 0 spiro atoms. The lowest BCUT2D eigenvalue weighted by molar-refractivity contribution is -0.155. The van der Waals surface area contributed by atoms with Crippen molar-refractivity contribution in [3.63, 3.8) is 0 Å². The Morgan fingerprint density at radius 3 is 2.65 bits per heavy atom. The summed E-state index contributed by atoms with van der Waals surface area (Å²) in [4.78, 5) is 23.0. The van der Waals surface area contributed by atoms with Crippen molar-refractivity contribution in [1.82, 2.24) is 9.78 Å². The number of halogens is 1. The molecule has 1 heterocycles. The first-order chi connectivity index (χ1) is 10.8. The third kappa shape index (κ3) is 4.08. The minimum atomic E-state index is -1.98. The lowest BCUT2D eigenvalue weighted by Gasteiger charge is -2.19. The molecule has 0 bridgehead atoms. The molecule has 0 fully saturated rings. The predicted octanol–water partition coefficient (Wildman–Crippen LogP) is 1.19. The number of hydrogen-bond acceptors (Lipinski definition) is 5. The predicted molar refractivity (Wildman–Crippen MR) is 85.8 cm³/mol. The molecular formula is C15H16ClN3O4. The summed E-state index contributed by atoms with van der Waals surface area (Å²) in [5, 5.41) is 25.0. The van der Waals surface area contributed by atoms with Crippen molar-refractivity contribution < 1.29 is 15.0 Å². The fraction of sp³-hybridized carbons (Fsp3) is 0.267. The zero-order chi connectivity index (χ0) is 17.0. The van der Waals surface area contributed by atoms with E-state index in [1.165, 1.54) is 10.9 Å². The Morgan fingerprint density at radius 1 is 1.39 bits per heavy atom. The highest BCUT2D eigenvalue weighted by molar-refractivity contribution is 6.32. The molecule has 23 heavy (non-hydrogen) atoms. The van der Waals surface area contributed by atoms with E-state index in [-0.39, 0.29) is 23.8 Å². The van der Waals surface area contributed by atoms with Gasteiger partial charge in [-0.1, -0.05) is 41.9 Å². The molecule has 1 aromatic carbocycles. The number of carbonyl (C=O) groups is 1. The number of aliphatic carboxylic acids is 1. The van der Waals surface area contributed by atoms with Gasteiger partial charge in [-0.05, 0) is 12.5 Å². The summed E-state index contributed by atoms with van der Waals surface area (Å²) in [6.07, 6.45) is 1.32. The summed E-state index contributed by atoms with van der Waals surface area (Å²) in [5.41, 5.74) is -1.42. The van der Waals surface area contributed by atoms with Gasteiger partial charge in [0.1, 0.15) is 5.02 Å². The monoisotopic (exact) mass is 337 g/mol. The van der Waals surface area contributed by atoms with Crippen LogP contribution in [0, 0.1) is 0 Å². The normalized spacial score (nSPS) is 13.3. The highest BCUT2D eigenvalue weighted by Crippen LogP contribution is 2.17.